The number of nitrogens with zero attached hydrogens (tertiary/aromatic N) is 1. The molecule has 0 aliphatic carbocycles. The number of ether oxygens (including phenoxy) is 1. The van der Waals surface area contributed by atoms with Gasteiger partial charge >= 0.3 is 0 Å². The highest BCUT2D eigenvalue weighted by molar-refractivity contribution is 9.10. The molecule has 4 heteroatoms. The molecule has 2 aromatic rings. The first-order chi connectivity index (χ1) is 8.66. The van der Waals surface area contributed by atoms with Gasteiger partial charge in [0.05, 0.1) is 0 Å². The second-order valence-corrected chi connectivity index (χ2v) is 4.75. The van der Waals surface area contributed by atoms with Gasteiger partial charge in [-0.25, -0.2) is 4.98 Å². The van der Waals surface area contributed by atoms with E-state index in [1.165, 1.54) is 6.92 Å². The lowest BCUT2D eigenvalue weighted by molar-refractivity contribution is 0.100. The average molecular weight is 306 g/mol. The molecule has 0 unspecified atom stereocenters. The monoisotopic (exact) mass is 305 g/mol. The Morgan fingerprint density at radius 1 is 1.33 bits per heavy atom. The van der Waals surface area contributed by atoms with Gasteiger partial charge in [0.15, 0.2) is 5.78 Å². The standard InChI is InChI=1S/C14H12BrNO2/c1-10(17)14-13(7-12(15)8-16-14)18-9-11-5-3-2-4-6-11/h2-8H,9H2,1H3. The van der Waals surface area contributed by atoms with Crippen molar-refractivity contribution in [2.75, 3.05) is 0 Å². The van der Waals surface area contributed by atoms with Crippen LogP contribution in [0.4, 0.5) is 0 Å². The number of ketones is 1. The molecule has 2 rings (SSSR count). The number of carbonyl (C=O) groups excluding carboxylic acids is 1. The van der Waals surface area contributed by atoms with Crippen molar-refractivity contribution in [1.29, 1.82) is 0 Å². The molecular weight excluding hydrogens is 294 g/mol. The lowest BCUT2D eigenvalue weighted by atomic mass is 10.2. The summed E-state index contributed by atoms with van der Waals surface area (Å²) < 4.78 is 6.44. The molecule has 0 aliphatic heterocycles. The minimum absolute atomic E-state index is 0.106. The minimum atomic E-state index is -0.106. The van der Waals surface area contributed by atoms with E-state index < -0.39 is 0 Å². The van der Waals surface area contributed by atoms with Gasteiger partial charge in [-0.15, -0.1) is 0 Å². The molecule has 0 saturated heterocycles. The fourth-order valence-electron chi connectivity index (χ4n) is 1.53. The van der Waals surface area contributed by atoms with Gasteiger partial charge in [0.1, 0.15) is 18.1 Å². The van der Waals surface area contributed by atoms with Crippen LogP contribution in [0.25, 0.3) is 0 Å². The largest absolute Gasteiger partial charge is 0.486 e. The molecule has 1 heterocycles. The SMILES string of the molecule is CC(=O)c1ncc(Br)cc1OCc1ccccc1. The molecule has 92 valence electrons. The van der Waals surface area contributed by atoms with Gasteiger partial charge in [0.25, 0.3) is 0 Å². The highest BCUT2D eigenvalue weighted by Gasteiger charge is 2.10. The molecule has 0 N–H and O–H groups in total. The zero-order valence-corrected chi connectivity index (χ0v) is 11.5. The first-order valence-electron chi connectivity index (χ1n) is 5.50. The summed E-state index contributed by atoms with van der Waals surface area (Å²) >= 11 is 3.32. The van der Waals surface area contributed by atoms with Crippen LogP contribution in [-0.2, 0) is 6.61 Å². The van der Waals surface area contributed by atoms with Crippen LogP contribution in [0.5, 0.6) is 5.75 Å². The molecule has 0 radical (unpaired) electrons. The highest BCUT2D eigenvalue weighted by Crippen LogP contribution is 2.22. The van der Waals surface area contributed by atoms with E-state index in [0.717, 1.165) is 10.0 Å². The Bertz CT molecular complexity index is 555. The number of rotatable bonds is 4. The normalized spacial score (nSPS) is 10.1. The fraction of sp³-hybridized carbons (Fsp3) is 0.143. The number of benzene rings is 1. The molecule has 0 spiro atoms. The van der Waals surface area contributed by atoms with E-state index in [1.807, 2.05) is 30.3 Å². The van der Waals surface area contributed by atoms with Crippen molar-refractivity contribution in [3.63, 3.8) is 0 Å². The topological polar surface area (TPSA) is 39.2 Å². The molecular formula is C14H12BrNO2. The van der Waals surface area contributed by atoms with Crippen LogP contribution >= 0.6 is 15.9 Å². The second kappa shape index (κ2) is 5.78. The van der Waals surface area contributed by atoms with Gasteiger partial charge in [-0.3, -0.25) is 4.79 Å². The van der Waals surface area contributed by atoms with Crippen molar-refractivity contribution < 1.29 is 9.53 Å². The number of aromatic nitrogens is 1. The minimum Gasteiger partial charge on any atom is -0.486 e. The summed E-state index contributed by atoms with van der Waals surface area (Å²) in [5.41, 5.74) is 1.40. The number of Topliss-reactive ketones (excluding diaryl/α,β-unsaturated/α-hetero) is 1. The van der Waals surface area contributed by atoms with Crippen molar-refractivity contribution in [2.24, 2.45) is 0 Å². The Morgan fingerprint density at radius 2 is 2.06 bits per heavy atom. The number of carbonyl (C=O) groups is 1. The van der Waals surface area contributed by atoms with Crippen LogP contribution in [0.2, 0.25) is 0 Å². The summed E-state index contributed by atoms with van der Waals surface area (Å²) in [5, 5.41) is 0. The van der Waals surface area contributed by atoms with Crippen molar-refractivity contribution in [2.45, 2.75) is 13.5 Å². The lowest BCUT2D eigenvalue weighted by Gasteiger charge is -2.09. The van der Waals surface area contributed by atoms with Gasteiger partial charge in [-0.05, 0) is 27.6 Å². The fourth-order valence-corrected chi connectivity index (χ4v) is 1.84. The maximum Gasteiger partial charge on any atom is 0.181 e. The molecule has 0 atom stereocenters. The maximum absolute atomic E-state index is 11.4. The Labute approximate surface area is 114 Å². The van der Waals surface area contributed by atoms with Crippen molar-refractivity contribution in [1.82, 2.24) is 4.98 Å². The van der Waals surface area contributed by atoms with Crippen LogP contribution in [-0.4, -0.2) is 10.8 Å². The predicted molar refractivity (Wildman–Crippen MR) is 72.7 cm³/mol. The quantitative estimate of drug-likeness (QED) is 0.810. The van der Waals surface area contributed by atoms with Crippen LogP contribution in [0.3, 0.4) is 0 Å². The molecule has 0 amide bonds. The molecule has 1 aromatic carbocycles. The van der Waals surface area contributed by atoms with Crippen molar-refractivity contribution in [3.05, 3.63) is 58.3 Å². The first kappa shape index (κ1) is 12.8. The van der Waals surface area contributed by atoms with Crippen LogP contribution in [0.15, 0.2) is 47.1 Å². The molecule has 0 fully saturated rings. The van der Waals surface area contributed by atoms with Crippen molar-refractivity contribution in [3.8, 4) is 5.75 Å². The van der Waals surface area contributed by atoms with Gasteiger partial charge in [0, 0.05) is 17.6 Å². The summed E-state index contributed by atoms with van der Waals surface area (Å²) in [6.07, 6.45) is 1.59. The second-order valence-electron chi connectivity index (χ2n) is 3.83. The maximum atomic E-state index is 11.4. The van der Waals surface area contributed by atoms with Gasteiger partial charge in [0.2, 0.25) is 0 Å². The van der Waals surface area contributed by atoms with Crippen molar-refractivity contribution >= 4 is 21.7 Å². The van der Waals surface area contributed by atoms with E-state index in [0.29, 0.717) is 18.1 Å². The average Bonchev–Trinajstić information content (AvgIpc) is 2.37. The van der Waals surface area contributed by atoms with Crippen LogP contribution in [0.1, 0.15) is 23.0 Å². The Balaban J connectivity index is 2.18. The summed E-state index contributed by atoms with van der Waals surface area (Å²) in [4.78, 5) is 15.5. The summed E-state index contributed by atoms with van der Waals surface area (Å²) in [5.74, 6) is 0.395. The molecule has 0 aliphatic rings. The van der Waals surface area contributed by atoms with E-state index in [9.17, 15) is 4.79 Å². The third kappa shape index (κ3) is 3.17. The summed E-state index contributed by atoms with van der Waals surface area (Å²) in [6, 6.07) is 11.5. The van der Waals surface area contributed by atoms with Gasteiger partial charge in [-0.1, -0.05) is 30.3 Å². The zero-order valence-electron chi connectivity index (χ0n) is 9.89. The Hall–Kier alpha value is -1.68. The van der Waals surface area contributed by atoms with E-state index >= 15 is 0 Å². The first-order valence-corrected chi connectivity index (χ1v) is 6.29. The summed E-state index contributed by atoms with van der Waals surface area (Å²) in [6.45, 7) is 1.89. The Morgan fingerprint density at radius 3 is 2.72 bits per heavy atom. The third-order valence-electron chi connectivity index (χ3n) is 2.39. The number of halogens is 1. The highest BCUT2D eigenvalue weighted by atomic mass is 79.9. The molecule has 1 aromatic heterocycles. The van der Waals surface area contributed by atoms with Crippen LogP contribution in [0, 0.1) is 0 Å². The lowest BCUT2D eigenvalue weighted by Crippen LogP contribution is -2.04. The van der Waals surface area contributed by atoms with E-state index in [2.05, 4.69) is 20.9 Å². The van der Waals surface area contributed by atoms with Crippen LogP contribution < -0.4 is 4.74 Å². The van der Waals surface area contributed by atoms with E-state index in [-0.39, 0.29) is 5.78 Å². The number of hydrogen-bond acceptors (Lipinski definition) is 3. The molecule has 3 nitrogen and oxygen atoms in total. The van der Waals surface area contributed by atoms with Gasteiger partial charge < -0.3 is 4.74 Å². The van der Waals surface area contributed by atoms with E-state index in [1.54, 1.807) is 12.3 Å². The van der Waals surface area contributed by atoms with E-state index in [4.69, 9.17) is 4.74 Å². The summed E-state index contributed by atoms with van der Waals surface area (Å²) in [7, 11) is 0. The number of hydrogen-bond donors (Lipinski definition) is 0. The molecule has 0 saturated carbocycles. The smallest absolute Gasteiger partial charge is 0.181 e. The predicted octanol–water partition coefficient (Wildman–Crippen LogP) is 3.63. The Kier molecular flexibility index (Phi) is 4.10. The third-order valence-corrected chi connectivity index (χ3v) is 2.82. The molecule has 0 bridgehead atoms. The van der Waals surface area contributed by atoms with Gasteiger partial charge in [-0.2, -0.15) is 0 Å². The zero-order chi connectivity index (χ0) is 13.0. The number of pyridine rings is 1. The molecule has 18 heavy (non-hydrogen) atoms.